The first-order valence-corrected chi connectivity index (χ1v) is 9.27. The lowest BCUT2D eigenvalue weighted by atomic mass is 10.00. The molecule has 0 bridgehead atoms. The van der Waals surface area contributed by atoms with Crippen LogP contribution in [-0.2, 0) is 12.8 Å². The number of tetrazole rings is 1. The van der Waals surface area contributed by atoms with Crippen LogP contribution in [0.25, 0.3) is 16.6 Å². The van der Waals surface area contributed by atoms with Gasteiger partial charge in [0.2, 0.25) is 0 Å². The highest BCUT2D eigenvalue weighted by Crippen LogP contribution is 2.31. The highest BCUT2D eigenvalue weighted by Gasteiger charge is 2.24. The molecular formula is C21H18N6O. The van der Waals surface area contributed by atoms with Crippen molar-refractivity contribution in [2.24, 2.45) is 0 Å². The van der Waals surface area contributed by atoms with Crippen molar-refractivity contribution < 1.29 is 4.79 Å². The number of aromatic nitrogens is 5. The number of nitrogens with zero attached hydrogens (tertiary/aromatic N) is 5. The number of fused-ring (bicyclic) bond motifs is 2. The van der Waals surface area contributed by atoms with Crippen molar-refractivity contribution in [3.63, 3.8) is 0 Å². The number of amides is 1. The monoisotopic (exact) mass is 370 g/mol. The van der Waals surface area contributed by atoms with Gasteiger partial charge in [-0.25, -0.2) is 4.68 Å². The second-order valence-electron chi connectivity index (χ2n) is 6.94. The first-order valence-electron chi connectivity index (χ1n) is 9.27. The van der Waals surface area contributed by atoms with Crippen molar-refractivity contribution in [1.82, 2.24) is 25.2 Å². The fourth-order valence-corrected chi connectivity index (χ4v) is 3.93. The third-order valence-electron chi connectivity index (χ3n) is 5.30. The van der Waals surface area contributed by atoms with E-state index in [-0.39, 0.29) is 5.91 Å². The standard InChI is InChI=1S/C21H18N6O/c1-13-16(9-5-11-19(13)27-12-22-25-26-27)24-21(28)20-14-6-2-3-8-17(14)23-18-10-4-7-15(18)20/h2-3,5-6,8-9,11-12H,4,7,10H2,1H3,(H,24,28). The van der Waals surface area contributed by atoms with Crippen LogP contribution in [-0.4, -0.2) is 31.1 Å². The van der Waals surface area contributed by atoms with Crippen molar-refractivity contribution >= 4 is 22.5 Å². The number of aryl methyl sites for hydroxylation is 1. The maximum Gasteiger partial charge on any atom is 0.256 e. The molecule has 4 aromatic rings. The Balaban J connectivity index is 1.58. The highest BCUT2D eigenvalue weighted by atomic mass is 16.1. The molecule has 0 atom stereocenters. The number of para-hydroxylation sites is 1. The molecule has 28 heavy (non-hydrogen) atoms. The average Bonchev–Trinajstić information content (AvgIpc) is 3.39. The van der Waals surface area contributed by atoms with Crippen LogP contribution >= 0.6 is 0 Å². The predicted octanol–water partition coefficient (Wildman–Crippen LogP) is 3.26. The molecule has 2 aromatic carbocycles. The van der Waals surface area contributed by atoms with Gasteiger partial charge in [0.05, 0.1) is 16.8 Å². The smallest absolute Gasteiger partial charge is 0.256 e. The fourth-order valence-electron chi connectivity index (χ4n) is 3.93. The summed E-state index contributed by atoms with van der Waals surface area (Å²) in [6.45, 7) is 1.95. The minimum Gasteiger partial charge on any atom is -0.322 e. The number of carbonyl (C=O) groups excluding carboxylic acids is 1. The van der Waals surface area contributed by atoms with Gasteiger partial charge in [0.25, 0.3) is 5.91 Å². The van der Waals surface area contributed by atoms with E-state index >= 15 is 0 Å². The average molecular weight is 370 g/mol. The molecule has 2 aromatic heterocycles. The molecule has 0 aliphatic heterocycles. The van der Waals surface area contributed by atoms with Gasteiger partial charge >= 0.3 is 0 Å². The van der Waals surface area contributed by atoms with Crippen LogP contribution in [0.2, 0.25) is 0 Å². The van der Waals surface area contributed by atoms with E-state index in [0.717, 1.165) is 63.9 Å². The molecule has 7 nitrogen and oxygen atoms in total. The van der Waals surface area contributed by atoms with E-state index in [1.807, 2.05) is 49.4 Å². The van der Waals surface area contributed by atoms with Gasteiger partial charge < -0.3 is 5.32 Å². The van der Waals surface area contributed by atoms with Crippen LogP contribution in [0.3, 0.4) is 0 Å². The van der Waals surface area contributed by atoms with E-state index in [4.69, 9.17) is 4.98 Å². The molecule has 0 saturated heterocycles. The number of nitrogens with one attached hydrogen (secondary N) is 1. The Hall–Kier alpha value is -3.61. The molecule has 0 spiro atoms. The molecule has 5 rings (SSSR count). The molecule has 1 aliphatic rings. The van der Waals surface area contributed by atoms with E-state index in [2.05, 4.69) is 20.8 Å². The minimum atomic E-state index is -0.103. The van der Waals surface area contributed by atoms with Crippen molar-refractivity contribution in [3.8, 4) is 5.69 Å². The number of carbonyl (C=O) groups is 1. The van der Waals surface area contributed by atoms with Gasteiger partial charge in [-0.15, -0.1) is 5.10 Å². The summed E-state index contributed by atoms with van der Waals surface area (Å²) in [4.78, 5) is 18.1. The summed E-state index contributed by atoms with van der Waals surface area (Å²) in [6, 6.07) is 13.5. The van der Waals surface area contributed by atoms with E-state index in [9.17, 15) is 4.79 Å². The van der Waals surface area contributed by atoms with Gasteiger partial charge in [-0.1, -0.05) is 24.3 Å². The Morgan fingerprint density at radius 2 is 2.00 bits per heavy atom. The second kappa shape index (κ2) is 6.53. The largest absolute Gasteiger partial charge is 0.322 e. The van der Waals surface area contributed by atoms with Crippen molar-refractivity contribution in [2.75, 3.05) is 5.32 Å². The van der Waals surface area contributed by atoms with Crippen LogP contribution in [0, 0.1) is 6.92 Å². The number of rotatable bonds is 3. The van der Waals surface area contributed by atoms with Gasteiger partial charge in [-0.2, -0.15) is 0 Å². The number of hydrogen-bond donors (Lipinski definition) is 1. The molecule has 138 valence electrons. The fraction of sp³-hybridized carbons (Fsp3) is 0.190. The topological polar surface area (TPSA) is 85.6 Å². The third-order valence-corrected chi connectivity index (χ3v) is 5.30. The lowest BCUT2D eigenvalue weighted by Gasteiger charge is -2.15. The summed E-state index contributed by atoms with van der Waals surface area (Å²) in [5.41, 5.74) is 6.20. The minimum absolute atomic E-state index is 0.103. The summed E-state index contributed by atoms with van der Waals surface area (Å²) < 4.78 is 1.59. The molecule has 1 amide bonds. The lowest BCUT2D eigenvalue weighted by molar-refractivity contribution is 0.102. The first-order chi connectivity index (χ1) is 13.7. The summed E-state index contributed by atoms with van der Waals surface area (Å²) in [6.07, 6.45) is 4.39. The van der Waals surface area contributed by atoms with Crippen molar-refractivity contribution in [1.29, 1.82) is 0 Å². The first kappa shape index (κ1) is 16.6. The number of anilines is 1. The molecule has 0 saturated carbocycles. The molecular weight excluding hydrogens is 352 g/mol. The quantitative estimate of drug-likeness (QED) is 0.598. The molecule has 0 unspecified atom stereocenters. The molecule has 0 radical (unpaired) electrons. The summed E-state index contributed by atoms with van der Waals surface area (Å²) in [5, 5.41) is 15.3. The molecule has 0 fully saturated rings. The van der Waals surface area contributed by atoms with Crippen LogP contribution in [0.15, 0.2) is 48.8 Å². The summed E-state index contributed by atoms with van der Waals surface area (Å²) in [7, 11) is 0. The van der Waals surface area contributed by atoms with Gasteiger partial charge in [-0.3, -0.25) is 9.78 Å². The Kier molecular flexibility index (Phi) is 3.86. The van der Waals surface area contributed by atoms with Crippen LogP contribution < -0.4 is 5.32 Å². The Labute approximate surface area is 161 Å². The van der Waals surface area contributed by atoms with Crippen LogP contribution in [0.4, 0.5) is 5.69 Å². The number of pyridine rings is 1. The Bertz CT molecular complexity index is 1200. The van der Waals surface area contributed by atoms with Gasteiger partial charge in [0.15, 0.2) is 0 Å². The van der Waals surface area contributed by atoms with Gasteiger partial charge in [0.1, 0.15) is 6.33 Å². The molecule has 1 aliphatic carbocycles. The zero-order valence-corrected chi connectivity index (χ0v) is 15.4. The lowest BCUT2D eigenvalue weighted by Crippen LogP contribution is -2.17. The zero-order valence-electron chi connectivity index (χ0n) is 15.4. The van der Waals surface area contributed by atoms with Crippen molar-refractivity contribution in [2.45, 2.75) is 26.2 Å². The van der Waals surface area contributed by atoms with E-state index in [1.54, 1.807) is 4.68 Å². The Morgan fingerprint density at radius 3 is 2.86 bits per heavy atom. The van der Waals surface area contributed by atoms with E-state index in [0.29, 0.717) is 0 Å². The van der Waals surface area contributed by atoms with E-state index in [1.165, 1.54) is 6.33 Å². The zero-order chi connectivity index (χ0) is 19.1. The number of hydrogen-bond acceptors (Lipinski definition) is 5. The number of benzene rings is 2. The maximum absolute atomic E-state index is 13.4. The Morgan fingerprint density at radius 1 is 1.11 bits per heavy atom. The van der Waals surface area contributed by atoms with Crippen LogP contribution in [0.1, 0.15) is 33.6 Å². The van der Waals surface area contributed by atoms with Crippen molar-refractivity contribution in [3.05, 3.63) is 71.2 Å². The van der Waals surface area contributed by atoms with E-state index < -0.39 is 0 Å². The summed E-state index contributed by atoms with van der Waals surface area (Å²) in [5.74, 6) is -0.103. The SMILES string of the molecule is Cc1c(NC(=O)c2c3c(nc4ccccc24)CCC3)cccc1-n1cnnn1. The highest BCUT2D eigenvalue weighted by molar-refractivity contribution is 6.14. The van der Waals surface area contributed by atoms with Gasteiger partial charge in [-0.05, 0) is 65.9 Å². The summed E-state index contributed by atoms with van der Waals surface area (Å²) >= 11 is 0. The van der Waals surface area contributed by atoms with Crippen LogP contribution in [0.5, 0.6) is 0 Å². The molecule has 2 heterocycles. The van der Waals surface area contributed by atoms with Gasteiger partial charge in [0, 0.05) is 16.8 Å². The second-order valence-corrected chi connectivity index (χ2v) is 6.94. The molecule has 1 N–H and O–H groups in total. The maximum atomic E-state index is 13.4. The third kappa shape index (κ3) is 2.63. The predicted molar refractivity (Wildman–Crippen MR) is 106 cm³/mol. The normalized spacial score (nSPS) is 12.9. The molecule has 7 heteroatoms.